The molecule has 0 aliphatic carbocycles. The first kappa shape index (κ1) is 16.4. The quantitative estimate of drug-likeness (QED) is 0.374. The van der Waals surface area contributed by atoms with Crippen LogP contribution >= 0.6 is 0 Å². The number of carbonyl (C=O) groups excluding carboxylic acids is 1. The van der Waals surface area contributed by atoms with Crippen LogP contribution in [0.25, 0.3) is 6.08 Å². The van der Waals surface area contributed by atoms with E-state index in [1.165, 1.54) is 6.08 Å². The average molecular weight is 284 g/mol. The molecule has 3 heteroatoms. The summed E-state index contributed by atoms with van der Waals surface area (Å²) in [6, 6.07) is 17.7. The molecular weight excluding hydrogens is 268 g/mol. The van der Waals surface area contributed by atoms with Gasteiger partial charge in [-0.25, -0.2) is 16.9 Å². The van der Waals surface area contributed by atoms with Gasteiger partial charge in [-0.05, 0) is 13.0 Å². The summed E-state index contributed by atoms with van der Waals surface area (Å²) >= 11 is 0. The van der Waals surface area contributed by atoms with Crippen molar-refractivity contribution in [3.63, 3.8) is 0 Å². The van der Waals surface area contributed by atoms with Crippen LogP contribution in [0.2, 0.25) is 0 Å². The van der Waals surface area contributed by atoms with E-state index >= 15 is 0 Å². The fourth-order valence-electron chi connectivity index (χ4n) is 1.18. The zero-order valence-electron chi connectivity index (χ0n) is 10.2. The zero-order chi connectivity index (χ0) is 12.3. The summed E-state index contributed by atoms with van der Waals surface area (Å²) in [5.74, 6) is -0.293. The van der Waals surface area contributed by atoms with Gasteiger partial charge in [-0.15, -0.1) is 12.1 Å². The monoisotopic (exact) mass is 284 g/mol. The number of ether oxygens (including phenoxy) is 1. The summed E-state index contributed by atoms with van der Waals surface area (Å²) in [4.78, 5) is 10.8. The Bertz CT molecular complexity index is 396. The first-order valence-electron chi connectivity index (χ1n) is 5.56. The fraction of sp³-hybridized carbons (Fsp3) is 0.133. The number of hydrogen-bond donors (Lipinski definition) is 0. The molecule has 2 nitrogen and oxygen atoms in total. The van der Waals surface area contributed by atoms with Crippen LogP contribution in [0.15, 0.2) is 60.7 Å². The normalized spacial score (nSPS) is 9.17. The Morgan fingerprint density at radius 2 is 2.00 bits per heavy atom. The number of esters is 1. The summed E-state index contributed by atoms with van der Waals surface area (Å²) < 4.78 is 4.71. The van der Waals surface area contributed by atoms with E-state index < -0.39 is 0 Å². The van der Waals surface area contributed by atoms with Crippen molar-refractivity contribution in [3.05, 3.63) is 66.2 Å². The molecule has 0 N–H and O–H groups in total. The van der Waals surface area contributed by atoms with Crippen molar-refractivity contribution in [2.75, 3.05) is 6.61 Å². The van der Waals surface area contributed by atoms with Gasteiger partial charge in [0.1, 0.15) is 0 Å². The minimum atomic E-state index is -0.293. The van der Waals surface area contributed by atoms with Gasteiger partial charge in [0, 0.05) is 0 Å². The minimum Gasteiger partial charge on any atom is -0.463 e. The number of rotatable bonds is 3. The molecule has 96 valence electrons. The Balaban J connectivity index is 0.000000405. The van der Waals surface area contributed by atoms with Gasteiger partial charge in [0.15, 0.2) is 0 Å². The summed E-state index contributed by atoms with van der Waals surface area (Å²) in [7, 11) is 0. The predicted octanol–water partition coefficient (Wildman–Crippen LogP) is 3.38. The van der Waals surface area contributed by atoms with E-state index in [0.717, 1.165) is 5.56 Å². The van der Waals surface area contributed by atoms with Crippen molar-refractivity contribution in [2.45, 2.75) is 6.92 Å². The van der Waals surface area contributed by atoms with Crippen LogP contribution in [0.3, 0.4) is 0 Å². The van der Waals surface area contributed by atoms with E-state index in [1.807, 2.05) is 54.6 Å². The average Bonchev–Trinajstić information content (AvgIpc) is 3.03. The van der Waals surface area contributed by atoms with Crippen molar-refractivity contribution < 1.29 is 26.6 Å². The molecule has 2 aromatic carbocycles. The third kappa shape index (κ3) is 7.66. The molecule has 18 heavy (non-hydrogen) atoms. The molecule has 0 aliphatic heterocycles. The maximum absolute atomic E-state index is 10.8. The van der Waals surface area contributed by atoms with Crippen molar-refractivity contribution in [1.82, 2.24) is 0 Å². The second-order valence-corrected chi connectivity index (χ2v) is 3.27. The summed E-state index contributed by atoms with van der Waals surface area (Å²) in [5.41, 5.74) is 1.02. The van der Waals surface area contributed by atoms with Gasteiger partial charge >= 0.3 is 23.0 Å². The Morgan fingerprint density at radius 3 is 2.44 bits per heavy atom. The summed E-state index contributed by atoms with van der Waals surface area (Å²) in [6.45, 7) is 2.21. The Labute approximate surface area is 118 Å². The molecule has 0 saturated heterocycles. The molecule has 0 heterocycles. The van der Waals surface area contributed by atoms with Gasteiger partial charge < -0.3 is 4.74 Å². The summed E-state index contributed by atoms with van der Waals surface area (Å²) in [5, 5.41) is 0. The van der Waals surface area contributed by atoms with Gasteiger partial charge in [0.05, 0.1) is 6.61 Å². The van der Waals surface area contributed by atoms with Crippen LogP contribution in [0.4, 0.5) is 0 Å². The van der Waals surface area contributed by atoms with Gasteiger partial charge in [-0.2, -0.15) is 42.0 Å². The van der Waals surface area contributed by atoms with Gasteiger partial charge in [0.2, 0.25) is 0 Å². The molecule has 0 amide bonds. The topological polar surface area (TPSA) is 26.3 Å². The molecule has 0 saturated carbocycles. The van der Waals surface area contributed by atoms with Crippen molar-refractivity contribution in [3.8, 4) is 0 Å². The molecule has 0 spiro atoms. The van der Waals surface area contributed by atoms with E-state index in [9.17, 15) is 4.79 Å². The molecule has 0 aliphatic rings. The third-order valence-corrected chi connectivity index (χ3v) is 1.94. The third-order valence-electron chi connectivity index (χ3n) is 1.94. The van der Waals surface area contributed by atoms with E-state index in [0.29, 0.717) is 6.61 Å². The molecule has 0 radical (unpaired) electrons. The van der Waals surface area contributed by atoms with Crippen molar-refractivity contribution in [2.24, 2.45) is 0 Å². The Hall–Kier alpha value is -1.57. The Kier molecular flexibility index (Phi) is 9.65. The second-order valence-electron chi connectivity index (χ2n) is 3.27. The molecule has 0 bridgehead atoms. The molecular formula is C15H16FeO2. The molecule has 0 fully saturated rings. The molecule has 0 aromatic heterocycles. The van der Waals surface area contributed by atoms with Crippen LogP contribution in [0.5, 0.6) is 0 Å². The SMILES string of the molecule is CCOC(=O)C=Cc1ccc[cH-]1.[Fe+2].c1cc[cH-]c1. The first-order chi connectivity index (χ1) is 8.33. The van der Waals surface area contributed by atoms with E-state index in [2.05, 4.69) is 0 Å². The van der Waals surface area contributed by atoms with Crippen molar-refractivity contribution in [1.29, 1.82) is 0 Å². The fourth-order valence-corrected chi connectivity index (χ4v) is 1.18. The van der Waals surface area contributed by atoms with Crippen LogP contribution in [0, 0.1) is 0 Å². The predicted molar refractivity (Wildman–Crippen MR) is 69.7 cm³/mol. The molecule has 0 unspecified atom stereocenters. The van der Waals surface area contributed by atoms with E-state index in [4.69, 9.17) is 4.74 Å². The van der Waals surface area contributed by atoms with Gasteiger partial charge in [-0.1, -0.05) is 0 Å². The van der Waals surface area contributed by atoms with Crippen LogP contribution < -0.4 is 0 Å². The molecule has 2 rings (SSSR count). The van der Waals surface area contributed by atoms with Gasteiger partial charge in [-0.3, -0.25) is 0 Å². The van der Waals surface area contributed by atoms with Crippen LogP contribution in [0.1, 0.15) is 12.5 Å². The minimum absolute atomic E-state index is 0. The largest absolute Gasteiger partial charge is 2.00 e. The first-order valence-corrected chi connectivity index (χ1v) is 5.56. The van der Waals surface area contributed by atoms with Crippen LogP contribution in [-0.4, -0.2) is 12.6 Å². The van der Waals surface area contributed by atoms with Crippen LogP contribution in [-0.2, 0) is 26.6 Å². The van der Waals surface area contributed by atoms with Crippen molar-refractivity contribution >= 4 is 12.0 Å². The standard InChI is InChI=1S/C10H11O2.C5H5.Fe/c1-2-12-10(11)8-7-9-5-3-4-6-9;1-2-4-5-3-1;/h3-8H,2H2,1H3;1-5H;/q2*-1;+2. The summed E-state index contributed by atoms with van der Waals surface area (Å²) in [6.07, 6.45) is 3.16. The second kappa shape index (κ2) is 10.6. The zero-order valence-corrected chi connectivity index (χ0v) is 11.3. The molecule has 2 aromatic rings. The Morgan fingerprint density at radius 1 is 1.28 bits per heavy atom. The smallest absolute Gasteiger partial charge is 0.463 e. The van der Waals surface area contributed by atoms with E-state index in [-0.39, 0.29) is 23.0 Å². The number of hydrogen-bond acceptors (Lipinski definition) is 2. The van der Waals surface area contributed by atoms with Gasteiger partial charge in [0.25, 0.3) is 0 Å². The number of carbonyl (C=O) groups is 1. The molecule has 0 atom stereocenters. The maximum atomic E-state index is 10.8. The maximum Gasteiger partial charge on any atom is 2.00 e. The van der Waals surface area contributed by atoms with E-state index in [1.54, 1.807) is 13.0 Å².